The molecule has 1 heterocycles. The Balaban J connectivity index is 0.00000312. The van der Waals surface area contributed by atoms with Crippen molar-refractivity contribution < 1.29 is 9.59 Å². The summed E-state index contributed by atoms with van der Waals surface area (Å²) >= 11 is 5.81. The Morgan fingerprint density at radius 2 is 2.04 bits per heavy atom. The molecule has 1 saturated heterocycles. The summed E-state index contributed by atoms with van der Waals surface area (Å²) < 4.78 is 0. The smallest absolute Gasteiger partial charge is 0.251 e. The number of hydrogen-bond donors (Lipinski definition) is 2. The molecule has 1 atom stereocenters. The molecule has 0 radical (unpaired) electrons. The molecule has 1 aromatic rings. The van der Waals surface area contributed by atoms with Gasteiger partial charge in [0.25, 0.3) is 5.91 Å². The van der Waals surface area contributed by atoms with Crippen molar-refractivity contribution in [2.45, 2.75) is 38.6 Å². The summed E-state index contributed by atoms with van der Waals surface area (Å²) in [4.78, 5) is 26.4. The number of nitrogens with one attached hydrogen (secondary N) is 2. The summed E-state index contributed by atoms with van der Waals surface area (Å²) in [6, 6.07) is 7.09. The Labute approximate surface area is 160 Å². The van der Waals surface area contributed by atoms with E-state index in [0.717, 1.165) is 32.5 Å². The van der Waals surface area contributed by atoms with Gasteiger partial charge in [0.15, 0.2) is 0 Å². The van der Waals surface area contributed by atoms with E-state index >= 15 is 0 Å². The van der Waals surface area contributed by atoms with E-state index in [1.807, 2.05) is 4.90 Å². The molecule has 1 unspecified atom stereocenters. The molecule has 1 aromatic carbocycles. The third-order valence-electron chi connectivity index (χ3n) is 4.22. The molecule has 0 bridgehead atoms. The van der Waals surface area contributed by atoms with E-state index in [9.17, 15) is 9.59 Å². The SMILES string of the molecule is CCCN(C(=O)CCCNC(=O)c1ccc(Cl)cc1)C1CCNC1.Cl. The van der Waals surface area contributed by atoms with Crippen molar-refractivity contribution in [1.29, 1.82) is 0 Å². The Kier molecular flexibility index (Phi) is 9.86. The number of halogens is 2. The van der Waals surface area contributed by atoms with Crippen molar-refractivity contribution in [2.24, 2.45) is 0 Å². The quantitative estimate of drug-likeness (QED) is 0.674. The lowest BCUT2D eigenvalue weighted by Crippen LogP contribution is -2.42. The maximum absolute atomic E-state index is 12.4. The first kappa shape index (κ1) is 21.7. The Bertz CT molecular complexity index is 546. The zero-order valence-corrected chi connectivity index (χ0v) is 16.2. The van der Waals surface area contributed by atoms with E-state index in [1.54, 1.807) is 24.3 Å². The van der Waals surface area contributed by atoms with Gasteiger partial charge in [-0.3, -0.25) is 9.59 Å². The molecule has 140 valence electrons. The van der Waals surface area contributed by atoms with Gasteiger partial charge in [0, 0.05) is 42.7 Å². The third kappa shape index (κ3) is 6.84. The van der Waals surface area contributed by atoms with Gasteiger partial charge >= 0.3 is 0 Å². The molecule has 2 rings (SSSR count). The van der Waals surface area contributed by atoms with Gasteiger partial charge in [0.05, 0.1) is 0 Å². The summed E-state index contributed by atoms with van der Waals surface area (Å²) in [7, 11) is 0. The highest BCUT2D eigenvalue weighted by Gasteiger charge is 2.25. The van der Waals surface area contributed by atoms with Crippen LogP contribution in [0.2, 0.25) is 5.02 Å². The molecule has 0 spiro atoms. The zero-order valence-electron chi connectivity index (χ0n) is 14.6. The van der Waals surface area contributed by atoms with Gasteiger partial charge in [-0.15, -0.1) is 12.4 Å². The maximum Gasteiger partial charge on any atom is 0.251 e. The fraction of sp³-hybridized carbons (Fsp3) is 0.556. The number of nitrogens with zero attached hydrogens (tertiary/aromatic N) is 1. The molecule has 0 aliphatic carbocycles. The van der Waals surface area contributed by atoms with Crippen LogP contribution in [0.15, 0.2) is 24.3 Å². The number of amides is 2. The molecule has 1 aliphatic rings. The van der Waals surface area contributed by atoms with Crippen molar-refractivity contribution in [1.82, 2.24) is 15.5 Å². The van der Waals surface area contributed by atoms with Crippen LogP contribution in [0.3, 0.4) is 0 Å². The highest BCUT2D eigenvalue weighted by Crippen LogP contribution is 2.12. The standard InChI is InChI=1S/C18H26ClN3O2.ClH/c1-2-12-22(16-9-11-20-13-16)17(23)4-3-10-21-18(24)14-5-7-15(19)8-6-14;/h5-8,16,20H,2-4,9-13H2,1H3,(H,21,24);1H. The third-order valence-corrected chi connectivity index (χ3v) is 4.47. The minimum Gasteiger partial charge on any atom is -0.352 e. The predicted molar refractivity (Wildman–Crippen MR) is 104 cm³/mol. The van der Waals surface area contributed by atoms with Crippen LogP contribution < -0.4 is 10.6 Å². The van der Waals surface area contributed by atoms with Crippen molar-refractivity contribution >= 4 is 35.8 Å². The van der Waals surface area contributed by atoms with Crippen molar-refractivity contribution in [2.75, 3.05) is 26.2 Å². The van der Waals surface area contributed by atoms with E-state index in [4.69, 9.17) is 11.6 Å². The molecule has 7 heteroatoms. The molecule has 25 heavy (non-hydrogen) atoms. The van der Waals surface area contributed by atoms with Crippen LogP contribution in [0.5, 0.6) is 0 Å². The molecular weight excluding hydrogens is 361 g/mol. The molecule has 0 saturated carbocycles. The van der Waals surface area contributed by atoms with Crippen LogP contribution in [-0.2, 0) is 4.79 Å². The number of carbonyl (C=O) groups excluding carboxylic acids is 2. The predicted octanol–water partition coefficient (Wildman–Crippen LogP) is 2.87. The van der Waals surface area contributed by atoms with Crippen LogP contribution in [0, 0.1) is 0 Å². The first-order valence-electron chi connectivity index (χ1n) is 8.65. The summed E-state index contributed by atoms with van der Waals surface area (Å²) in [5.41, 5.74) is 0.579. The van der Waals surface area contributed by atoms with Crippen molar-refractivity contribution in [3.8, 4) is 0 Å². The lowest BCUT2D eigenvalue weighted by molar-refractivity contribution is -0.133. The van der Waals surface area contributed by atoms with Crippen LogP contribution in [-0.4, -0.2) is 48.9 Å². The van der Waals surface area contributed by atoms with Gasteiger partial charge in [0.1, 0.15) is 0 Å². The Morgan fingerprint density at radius 3 is 2.64 bits per heavy atom. The molecular formula is C18H27Cl2N3O2. The lowest BCUT2D eigenvalue weighted by Gasteiger charge is -2.28. The van der Waals surface area contributed by atoms with Crippen molar-refractivity contribution in [3.05, 3.63) is 34.9 Å². The average Bonchev–Trinajstić information content (AvgIpc) is 3.11. The lowest BCUT2D eigenvalue weighted by atomic mass is 10.1. The van der Waals surface area contributed by atoms with Crippen LogP contribution >= 0.6 is 24.0 Å². The van der Waals surface area contributed by atoms with E-state index < -0.39 is 0 Å². The maximum atomic E-state index is 12.4. The monoisotopic (exact) mass is 387 g/mol. The second kappa shape index (κ2) is 11.3. The average molecular weight is 388 g/mol. The second-order valence-corrected chi connectivity index (χ2v) is 6.54. The number of rotatable bonds is 8. The van der Waals surface area contributed by atoms with Gasteiger partial charge < -0.3 is 15.5 Å². The summed E-state index contributed by atoms with van der Waals surface area (Å²) in [5, 5.41) is 6.77. The fourth-order valence-corrected chi connectivity index (χ4v) is 3.07. The van der Waals surface area contributed by atoms with Crippen LogP contribution in [0.25, 0.3) is 0 Å². The van der Waals surface area contributed by atoms with Crippen LogP contribution in [0.4, 0.5) is 0 Å². The second-order valence-electron chi connectivity index (χ2n) is 6.10. The Morgan fingerprint density at radius 1 is 1.32 bits per heavy atom. The molecule has 5 nitrogen and oxygen atoms in total. The minimum absolute atomic E-state index is 0. The largest absolute Gasteiger partial charge is 0.352 e. The van der Waals surface area contributed by atoms with E-state index in [2.05, 4.69) is 17.6 Å². The first-order valence-corrected chi connectivity index (χ1v) is 9.03. The normalized spacial score (nSPS) is 16.2. The highest BCUT2D eigenvalue weighted by molar-refractivity contribution is 6.30. The van der Waals surface area contributed by atoms with E-state index in [1.165, 1.54) is 0 Å². The van der Waals surface area contributed by atoms with Gasteiger partial charge in [-0.25, -0.2) is 0 Å². The van der Waals surface area contributed by atoms with Gasteiger partial charge in [-0.1, -0.05) is 18.5 Å². The number of hydrogen-bond acceptors (Lipinski definition) is 3. The van der Waals surface area contributed by atoms with E-state index in [-0.39, 0.29) is 24.2 Å². The van der Waals surface area contributed by atoms with E-state index in [0.29, 0.717) is 36.0 Å². The number of benzene rings is 1. The molecule has 1 fully saturated rings. The topological polar surface area (TPSA) is 61.4 Å². The molecule has 1 aliphatic heterocycles. The molecule has 2 amide bonds. The zero-order chi connectivity index (χ0) is 17.4. The molecule has 0 aromatic heterocycles. The minimum atomic E-state index is -0.135. The Hall–Kier alpha value is -1.30. The van der Waals surface area contributed by atoms with Gasteiger partial charge in [0.2, 0.25) is 5.91 Å². The van der Waals surface area contributed by atoms with Gasteiger partial charge in [-0.05, 0) is 50.1 Å². The summed E-state index contributed by atoms with van der Waals surface area (Å²) in [6.45, 7) is 5.27. The first-order chi connectivity index (χ1) is 11.6. The summed E-state index contributed by atoms with van der Waals surface area (Å²) in [6.07, 6.45) is 3.12. The van der Waals surface area contributed by atoms with Crippen molar-refractivity contribution in [3.63, 3.8) is 0 Å². The molecule has 2 N–H and O–H groups in total. The number of carbonyl (C=O) groups is 2. The highest BCUT2D eigenvalue weighted by atomic mass is 35.5. The van der Waals surface area contributed by atoms with Gasteiger partial charge in [-0.2, -0.15) is 0 Å². The fourth-order valence-electron chi connectivity index (χ4n) is 2.95. The summed E-state index contributed by atoms with van der Waals surface area (Å²) in [5.74, 6) is 0.0517. The van der Waals surface area contributed by atoms with Crippen LogP contribution in [0.1, 0.15) is 43.0 Å².